The number of fused-ring (bicyclic) bond motifs is 10. The lowest BCUT2D eigenvalue weighted by Gasteiger charge is -2.37. The van der Waals surface area contributed by atoms with Crippen LogP contribution in [0.25, 0.3) is 77.3 Å². The molecule has 0 saturated heterocycles. The lowest BCUT2D eigenvalue weighted by Crippen LogP contribution is -2.77. The van der Waals surface area contributed by atoms with Crippen molar-refractivity contribution in [1.29, 1.82) is 0 Å². The average molecular weight is 805 g/mol. The molecule has 62 heavy (non-hydrogen) atoms. The molecule has 2 nitrogen and oxygen atoms in total. The smallest absolute Gasteiger partial charge is 0.240 e. The molecule has 0 radical (unpaired) electrons. The molecule has 2 aromatic heterocycles. The summed E-state index contributed by atoms with van der Waals surface area (Å²) in [5.74, 6) is 0. The van der Waals surface area contributed by atoms with E-state index in [-0.39, 0.29) is 6.71 Å². The largest absolute Gasteiger partial charge is 0.456 e. The summed E-state index contributed by atoms with van der Waals surface area (Å²) in [6.45, 7) is 0.165. The lowest BCUT2D eigenvalue weighted by atomic mass is 9.36. The highest BCUT2D eigenvalue weighted by Crippen LogP contribution is 2.43. The van der Waals surface area contributed by atoms with Gasteiger partial charge in [-0.05, 0) is 68.8 Å². The average Bonchev–Trinajstić information content (AvgIpc) is 4.05. The first-order valence-electron chi connectivity index (χ1n) is 21.4. The molecule has 11 aromatic rings. The SMILES string of the molecule is C1=C(c2ccc(-c3cccc4oc5ccccc5c34)cc2)C(c2ccc(-c3cccc4oc5ccccc5c34)cc2)=C[Si]12c1ccccc1B(c1ccccc1)c1ccccc12. The highest BCUT2D eigenvalue weighted by molar-refractivity contribution is 7.20. The second-order valence-electron chi connectivity index (χ2n) is 16.7. The van der Waals surface area contributed by atoms with Gasteiger partial charge in [0.05, 0.1) is 0 Å². The fourth-order valence-corrected chi connectivity index (χ4v) is 15.4. The van der Waals surface area contributed by atoms with Gasteiger partial charge in [-0.15, -0.1) is 0 Å². The Balaban J connectivity index is 0.994. The van der Waals surface area contributed by atoms with E-state index in [1.807, 2.05) is 12.1 Å². The van der Waals surface area contributed by atoms with Gasteiger partial charge in [0.1, 0.15) is 22.3 Å². The van der Waals surface area contributed by atoms with Crippen LogP contribution in [0.15, 0.2) is 233 Å². The van der Waals surface area contributed by atoms with Gasteiger partial charge in [0.25, 0.3) is 0 Å². The van der Waals surface area contributed by atoms with Crippen molar-refractivity contribution in [2.45, 2.75) is 0 Å². The van der Waals surface area contributed by atoms with Crippen LogP contribution in [0.1, 0.15) is 11.1 Å². The number of para-hydroxylation sites is 2. The summed E-state index contributed by atoms with van der Waals surface area (Å²) in [7, 11) is -2.65. The summed E-state index contributed by atoms with van der Waals surface area (Å²) < 4.78 is 12.6. The summed E-state index contributed by atoms with van der Waals surface area (Å²) in [4.78, 5) is 0. The minimum Gasteiger partial charge on any atom is -0.456 e. The molecule has 9 aromatic carbocycles. The van der Waals surface area contributed by atoms with E-state index in [9.17, 15) is 0 Å². The van der Waals surface area contributed by atoms with Crippen LogP contribution >= 0.6 is 0 Å². The molecule has 0 amide bonds. The van der Waals surface area contributed by atoms with E-state index in [0.717, 1.165) is 43.9 Å². The van der Waals surface area contributed by atoms with E-state index in [1.165, 1.54) is 71.3 Å². The van der Waals surface area contributed by atoms with Gasteiger partial charge in [-0.25, -0.2) is 0 Å². The topological polar surface area (TPSA) is 26.3 Å². The first-order valence-corrected chi connectivity index (χ1v) is 23.6. The van der Waals surface area contributed by atoms with Crippen LogP contribution in [-0.2, 0) is 0 Å². The molecular formula is C58H37BO2Si. The third kappa shape index (κ3) is 5.24. The molecule has 2 aliphatic rings. The number of hydrogen-bond acceptors (Lipinski definition) is 2. The second-order valence-corrected chi connectivity index (χ2v) is 20.1. The molecule has 0 fully saturated rings. The van der Waals surface area contributed by atoms with Crippen LogP contribution in [0.3, 0.4) is 0 Å². The van der Waals surface area contributed by atoms with Gasteiger partial charge in [0, 0.05) is 21.5 Å². The predicted octanol–water partition coefficient (Wildman–Crippen LogP) is 11.5. The quantitative estimate of drug-likeness (QED) is 0.162. The standard InChI is InChI=1S/C58H37BO2Si/c1-2-14-42(15-3-1)59-49-20-6-10-26-55(49)62(56-27-11-7-21-50(56)59)36-47(40-32-28-38(29-33-40)43-18-12-24-53-57(43)45-16-4-8-22-51(45)60-53)48(37-62)41-34-30-39(31-35-41)44-19-13-25-54-58(44)46-17-5-9-23-52(46)61-54/h1-37H. The Kier molecular flexibility index (Phi) is 7.75. The van der Waals surface area contributed by atoms with Crippen molar-refractivity contribution in [2.24, 2.45) is 0 Å². The molecular weight excluding hydrogens is 768 g/mol. The summed E-state index contributed by atoms with van der Waals surface area (Å²) >= 11 is 0. The van der Waals surface area contributed by atoms with Crippen LogP contribution in [0.4, 0.5) is 0 Å². The van der Waals surface area contributed by atoms with E-state index in [4.69, 9.17) is 8.83 Å². The Morgan fingerprint density at radius 3 is 1.23 bits per heavy atom. The number of rotatable bonds is 5. The third-order valence-electron chi connectivity index (χ3n) is 13.4. The summed E-state index contributed by atoms with van der Waals surface area (Å²) in [5.41, 5.74) is 22.9. The molecule has 1 spiro atoms. The lowest BCUT2D eigenvalue weighted by molar-refractivity contribution is 0.668. The zero-order valence-corrected chi connectivity index (χ0v) is 34.8. The molecule has 0 N–H and O–H groups in total. The van der Waals surface area contributed by atoms with Crippen LogP contribution < -0.4 is 26.8 Å². The van der Waals surface area contributed by atoms with E-state index in [1.54, 1.807) is 0 Å². The molecule has 0 atom stereocenters. The monoisotopic (exact) mass is 804 g/mol. The highest BCUT2D eigenvalue weighted by atomic mass is 28.3. The maximum atomic E-state index is 6.30. The zero-order chi connectivity index (χ0) is 40.8. The number of benzene rings is 9. The van der Waals surface area contributed by atoms with Gasteiger partial charge in [0.2, 0.25) is 6.71 Å². The molecule has 2 aliphatic heterocycles. The zero-order valence-electron chi connectivity index (χ0n) is 33.8. The van der Waals surface area contributed by atoms with E-state index in [2.05, 4.69) is 212 Å². The fourth-order valence-electron chi connectivity index (χ4n) is 10.7. The summed E-state index contributed by atoms with van der Waals surface area (Å²) in [6, 6.07) is 77.5. The van der Waals surface area contributed by atoms with E-state index in [0.29, 0.717) is 0 Å². The van der Waals surface area contributed by atoms with Gasteiger partial charge in [-0.1, -0.05) is 226 Å². The van der Waals surface area contributed by atoms with E-state index >= 15 is 0 Å². The maximum absolute atomic E-state index is 6.30. The van der Waals surface area contributed by atoms with Crippen LogP contribution in [0.5, 0.6) is 0 Å². The van der Waals surface area contributed by atoms with Crippen molar-refractivity contribution in [3.8, 4) is 22.3 Å². The van der Waals surface area contributed by atoms with Crippen LogP contribution in [-0.4, -0.2) is 14.8 Å². The first-order chi connectivity index (χ1) is 30.7. The molecule has 4 heteroatoms. The molecule has 0 unspecified atom stereocenters. The molecule has 288 valence electrons. The van der Waals surface area contributed by atoms with Gasteiger partial charge in [-0.3, -0.25) is 0 Å². The van der Waals surface area contributed by atoms with Crippen LogP contribution in [0.2, 0.25) is 0 Å². The van der Waals surface area contributed by atoms with Crippen molar-refractivity contribution in [3.63, 3.8) is 0 Å². The van der Waals surface area contributed by atoms with Gasteiger partial charge in [-0.2, -0.15) is 0 Å². The minimum atomic E-state index is -2.65. The normalized spacial score (nSPS) is 14.1. The van der Waals surface area contributed by atoms with Gasteiger partial charge < -0.3 is 8.83 Å². The molecule has 0 bridgehead atoms. The molecule has 4 heterocycles. The number of furan rings is 2. The Bertz CT molecular complexity index is 3410. The second kappa shape index (κ2) is 13.7. The summed E-state index contributed by atoms with van der Waals surface area (Å²) in [5, 5.41) is 7.53. The fraction of sp³-hybridized carbons (Fsp3) is 0. The number of allylic oxidation sites excluding steroid dienone is 2. The highest BCUT2D eigenvalue weighted by Gasteiger charge is 2.47. The Morgan fingerprint density at radius 2 is 0.726 bits per heavy atom. The van der Waals surface area contributed by atoms with Crippen molar-refractivity contribution < 1.29 is 8.83 Å². The van der Waals surface area contributed by atoms with Crippen LogP contribution in [0, 0.1) is 0 Å². The molecule has 0 aliphatic carbocycles. The minimum absolute atomic E-state index is 0.165. The Labute approximate surface area is 360 Å². The number of hydrogen-bond donors (Lipinski definition) is 0. The third-order valence-corrected chi connectivity index (χ3v) is 17.6. The predicted molar refractivity (Wildman–Crippen MR) is 263 cm³/mol. The first kappa shape index (κ1) is 35.1. The van der Waals surface area contributed by atoms with Crippen molar-refractivity contribution in [3.05, 3.63) is 235 Å². The molecule has 0 saturated carbocycles. The van der Waals surface area contributed by atoms with Gasteiger partial charge in [0.15, 0.2) is 8.07 Å². The van der Waals surface area contributed by atoms with Crippen molar-refractivity contribution in [2.75, 3.05) is 0 Å². The summed E-state index contributed by atoms with van der Waals surface area (Å²) in [6.07, 6.45) is 0. The van der Waals surface area contributed by atoms with Crippen molar-refractivity contribution >= 4 is 96.6 Å². The Morgan fingerprint density at radius 1 is 0.323 bits per heavy atom. The van der Waals surface area contributed by atoms with E-state index < -0.39 is 8.07 Å². The van der Waals surface area contributed by atoms with Gasteiger partial charge >= 0.3 is 0 Å². The maximum Gasteiger partial charge on any atom is 0.240 e. The van der Waals surface area contributed by atoms with Crippen molar-refractivity contribution in [1.82, 2.24) is 0 Å². The molecule has 13 rings (SSSR count). The Hall–Kier alpha value is -7.66.